The molecule has 0 radical (unpaired) electrons. The number of ether oxygens (including phenoxy) is 2. The predicted molar refractivity (Wildman–Crippen MR) is 100 cm³/mol. The molecule has 0 saturated heterocycles. The maximum Gasteiger partial charge on any atom is 0.341 e. The normalized spacial score (nSPS) is 11.2. The lowest BCUT2D eigenvalue weighted by Gasteiger charge is -2.13. The molecule has 0 aliphatic heterocycles. The van der Waals surface area contributed by atoms with Gasteiger partial charge in [-0.05, 0) is 31.2 Å². The summed E-state index contributed by atoms with van der Waals surface area (Å²) in [4.78, 5) is 18.4. The van der Waals surface area contributed by atoms with Gasteiger partial charge in [-0.2, -0.15) is 5.26 Å². The van der Waals surface area contributed by atoms with Crippen molar-refractivity contribution < 1.29 is 19.4 Å². The van der Waals surface area contributed by atoms with Crippen LogP contribution in [0.2, 0.25) is 0 Å². The zero-order chi connectivity index (χ0) is 19.2. The summed E-state index contributed by atoms with van der Waals surface area (Å²) in [5, 5.41) is 18.5. The second kappa shape index (κ2) is 8.06. The molecule has 0 unspecified atom stereocenters. The van der Waals surface area contributed by atoms with Gasteiger partial charge >= 0.3 is 5.97 Å². The summed E-state index contributed by atoms with van der Waals surface area (Å²) in [5.41, 5.74) is 2.39. The highest BCUT2D eigenvalue weighted by Gasteiger charge is 2.14. The number of para-hydroxylation sites is 3. The first-order valence-electron chi connectivity index (χ1n) is 8.29. The first-order chi connectivity index (χ1) is 13.1. The number of hydrogen-bond acceptors (Lipinski definition) is 5. The fraction of sp³-hybridized carbons (Fsp3) is 0.150. The summed E-state index contributed by atoms with van der Waals surface area (Å²) < 4.78 is 10.9. The number of allylic oxidation sites excluding steroid dienone is 1. The van der Waals surface area contributed by atoms with Crippen LogP contribution in [-0.4, -0.2) is 34.3 Å². The van der Waals surface area contributed by atoms with Gasteiger partial charge in [-0.15, -0.1) is 0 Å². The van der Waals surface area contributed by atoms with Crippen LogP contribution in [0.1, 0.15) is 18.3 Å². The number of H-pyrrole nitrogens is 1. The van der Waals surface area contributed by atoms with Crippen LogP contribution in [0.15, 0.2) is 42.5 Å². The van der Waals surface area contributed by atoms with Crippen LogP contribution in [0.25, 0.3) is 22.7 Å². The largest absolute Gasteiger partial charge is 0.490 e. The van der Waals surface area contributed by atoms with E-state index in [-0.39, 0.29) is 5.75 Å². The Morgan fingerprint density at radius 2 is 2.07 bits per heavy atom. The summed E-state index contributed by atoms with van der Waals surface area (Å²) in [6.07, 6.45) is 1.59. The lowest BCUT2D eigenvalue weighted by atomic mass is 10.1. The molecule has 0 amide bonds. The van der Waals surface area contributed by atoms with Crippen LogP contribution in [0, 0.1) is 11.3 Å². The highest BCUT2D eigenvalue weighted by molar-refractivity contribution is 5.91. The number of aromatic amines is 1. The Bertz CT molecular complexity index is 1010. The van der Waals surface area contributed by atoms with Gasteiger partial charge in [0.15, 0.2) is 18.1 Å². The van der Waals surface area contributed by atoms with Crippen LogP contribution >= 0.6 is 0 Å². The Hall–Kier alpha value is -3.79. The van der Waals surface area contributed by atoms with E-state index in [2.05, 4.69) is 16.0 Å². The lowest BCUT2D eigenvalue weighted by Crippen LogP contribution is -2.11. The molecule has 0 saturated carbocycles. The van der Waals surface area contributed by atoms with E-state index >= 15 is 0 Å². The molecule has 7 heteroatoms. The third kappa shape index (κ3) is 4.07. The van der Waals surface area contributed by atoms with Crippen LogP contribution < -0.4 is 9.47 Å². The van der Waals surface area contributed by atoms with Gasteiger partial charge in [0.2, 0.25) is 0 Å². The van der Waals surface area contributed by atoms with Crippen molar-refractivity contribution in [2.75, 3.05) is 13.2 Å². The van der Waals surface area contributed by atoms with Crippen molar-refractivity contribution in [3.63, 3.8) is 0 Å². The molecule has 2 aromatic carbocycles. The van der Waals surface area contributed by atoms with E-state index in [0.29, 0.717) is 29.3 Å². The number of fused-ring (bicyclic) bond motifs is 1. The average molecular weight is 363 g/mol. The molecule has 0 aliphatic carbocycles. The minimum absolute atomic E-state index is 0.269. The summed E-state index contributed by atoms with van der Waals surface area (Å²) >= 11 is 0. The molecule has 3 aromatic rings. The SMILES string of the molecule is CCOc1cccc(/C=C(/C#N)c2nc3ccccc3[nH]2)c1OCC(=O)O. The zero-order valence-electron chi connectivity index (χ0n) is 14.6. The van der Waals surface area contributed by atoms with Crippen LogP contribution in [-0.2, 0) is 4.79 Å². The number of aliphatic carboxylic acids is 1. The molecule has 0 bridgehead atoms. The molecule has 136 valence electrons. The van der Waals surface area contributed by atoms with E-state index in [9.17, 15) is 10.1 Å². The molecule has 1 aromatic heterocycles. The van der Waals surface area contributed by atoms with Crippen molar-refractivity contribution >= 4 is 28.7 Å². The third-order valence-corrected chi connectivity index (χ3v) is 3.71. The van der Waals surface area contributed by atoms with Crippen LogP contribution in [0.3, 0.4) is 0 Å². The number of rotatable bonds is 7. The van der Waals surface area contributed by atoms with Crippen molar-refractivity contribution in [3.8, 4) is 17.6 Å². The van der Waals surface area contributed by atoms with E-state index < -0.39 is 12.6 Å². The number of carboxylic acid groups (broad SMARTS) is 1. The van der Waals surface area contributed by atoms with E-state index in [4.69, 9.17) is 14.6 Å². The molecule has 1 heterocycles. The number of nitrogens with one attached hydrogen (secondary N) is 1. The number of carboxylic acids is 1. The lowest BCUT2D eigenvalue weighted by molar-refractivity contribution is -0.139. The quantitative estimate of drug-likeness (QED) is 0.622. The molecule has 27 heavy (non-hydrogen) atoms. The predicted octanol–water partition coefficient (Wildman–Crippen LogP) is 3.49. The van der Waals surface area contributed by atoms with Crippen LogP contribution in [0.4, 0.5) is 0 Å². The number of aromatic nitrogens is 2. The Labute approximate surface area is 155 Å². The Balaban J connectivity index is 2.06. The number of nitriles is 1. The van der Waals surface area contributed by atoms with Crippen molar-refractivity contribution in [2.24, 2.45) is 0 Å². The van der Waals surface area contributed by atoms with Gasteiger partial charge in [-0.25, -0.2) is 9.78 Å². The van der Waals surface area contributed by atoms with Crippen molar-refractivity contribution in [1.82, 2.24) is 9.97 Å². The first-order valence-corrected chi connectivity index (χ1v) is 8.29. The molecule has 0 spiro atoms. The topological polar surface area (TPSA) is 108 Å². The van der Waals surface area contributed by atoms with Gasteiger partial charge in [0, 0.05) is 5.56 Å². The summed E-state index contributed by atoms with van der Waals surface area (Å²) in [5.74, 6) is -0.00118. The molecular formula is C20H17N3O4. The van der Waals surface area contributed by atoms with Gasteiger partial charge in [0.1, 0.15) is 11.9 Å². The smallest absolute Gasteiger partial charge is 0.341 e. The van der Waals surface area contributed by atoms with Crippen molar-refractivity contribution in [1.29, 1.82) is 5.26 Å². The van der Waals surface area contributed by atoms with E-state index in [1.54, 1.807) is 24.3 Å². The molecule has 3 rings (SSSR count). The van der Waals surface area contributed by atoms with Gasteiger partial charge in [-0.1, -0.05) is 24.3 Å². The van der Waals surface area contributed by atoms with Crippen molar-refractivity contribution in [2.45, 2.75) is 6.92 Å². The molecule has 7 nitrogen and oxygen atoms in total. The van der Waals surface area contributed by atoms with Gasteiger partial charge < -0.3 is 19.6 Å². The second-order valence-corrected chi connectivity index (χ2v) is 5.56. The highest BCUT2D eigenvalue weighted by Crippen LogP contribution is 2.34. The minimum Gasteiger partial charge on any atom is -0.490 e. The Morgan fingerprint density at radius 3 is 2.78 bits per heavy atom. The monoisotopic (exact) mass is 363 g/mol. The van der Waals surface area contributed by atoms with Gasteiger partial charge in [-0.3, -0.25) is 0 Å². The van der Waals surface area contributed by atoms with E-state index in [0.717, 1.165) is 11.0 Å². The number of carbonyl (C=O) groups is 1. The van der Waals surface area contributed by atoms with Gasteiger partial charge in [0.25, 0.3) is 0 Å². The fourth-order valence-corrected chi connectivity index (χ4v) is 2.59. The summed E-state index contributed by atoms with van der Waals surface area (Å²) in [6, 6.07) is 14.7. The maximum atomic E-state index is 10.9. The number of benzene rings is 2. The van der Waals surface area contributed by atoms with E-state index in [1.807, 2.05) is 31.2 Å². The standard InChI is InChI=1S/C20H17N3O4/c1-2-26-17-9-5-6-13(19(17)27-12-18(24)25)10-14(11-21)20-22-15-7-3-4-8-16(15)23-20/h3-10H,2,12H2,1H3,(H,22,23)(H,24,25)/b14-10-. The third-order valence-electron chi connectivity index (χ3n) is 3.71. The fourth-order valence-electron chi connectivity index (χ4n) is 2.59. The second-order valence-electron chi connectivity index (χ2n) is 5.56. The molecule has 0 aliphatic rings. The molecule has 2 N–H and O–H groups in total. The maximum absolute atomic E-state index is 10.9. The van der Waals surface area contributed by atoms with Gasteiger partial charge in [0.05, 0.1) is 23.2 Å². The summed E-state index contributed by atoms with van der Waals surface area (Å²) in [7, 11) is 0. The first kappa shape index (κ1) is 18.0. The van der Waals surface area contributed by atoms with E-state index in [1.165, 1.54) is 0 Å². The summed E-state index contributed by atoms with van der Waals surface area (Å²) in [6.45, 7) is 1.70. The Kier molecular flexibility index (Phi) is 5.38. The van der Waals surface area contributed by atoms with Crippen LogP contribution in [0.5, 0.6) is 11.5 Å². The molecular weight excluding hydrogens is 346 g/mol. The average Bonchev–Trinajstić information content (AvgIpc) is 3.09. The highest BCUT2D eigenvalue weighted by atomic mass is 16.5. The van der Waals surface area contributed by atoms with Crippen molar-refractivity contribution in [3.05, 3.63) is 53.9 Å². The molecule has 0 atom stereocenters. The number of imidazole rings is 1. The number of hydrogen-bond donors (Lipinski definition) is 2. The molecule has 0 fully saturated rings. The number of nitrogens with zero attached hydrogens (tertiary/aromatic N) is 2. The zero-order valence-corrected chi connectivity index (χ0v) is 14.6. The minimum atomic E-state index is -1.10. The Morgan fingerprint density at radius 1 is 1.26 bits per heavy atom.